The maximum atomic E-state index is 6.37. The summed E-state index contributed by atoms with van der Waals surface area (Å²) in [6.45, 7) is 0. The smallest absolute Gasteiger partial charge is 0.164 e. The lowest BCUT2D eigenvalue weighted by Gasteiger charge is -2.15. The van der Waals surface area contributed by atoms with Crippen LogP contribution in [-0.2, 0) is 0 Å². The summed E-state index contributed by atoms with van der Waals surface area (Å²) < 4.78 is 8.69. The molecule has 3 heterocycles. The van der Waals surface area contributed by atoms with E-state index >= 15 is 0 Å². The molecule has 6 aromatic carbocycles. The lowest BCUT2D eigenvalue weighted by Crippen LogP contribution is -2.00. The normalized spacial score (nSPS) is 12.0. The van der Waals surface area contributed by atoms with E-state index in [-0.39, 0.29) is 0 Å². The van der Waals surface area contributed by atoms with Crippen molar-refractivity contribution < 1.29 is 4.74 Å². The molecular formula is C37H22N4O. The SMILES string of the molecule is c1ccc(-c2nc(-c3ccccc3)nc(-c3ccc(-n4c5cccc6c5c5c7c(cccc7ccc54)O6)cc3)n2)cc1. The predicted molar refractivity (Wildman–Crippen MR) is 168 cm³/mol. The Kier molecular flexibility index (Phi) is 4.83. The number of benzene rings is 6. The van der Waals surface area contributed by atoms with E-state index in [2.05, 4.69) is 77.4 Å². The fourth-order valence-corrected chi connectivity index (χ4v) is 6.12. The van der Waals surface area contributed by atoms with Crippen LogP contribution in [0.5, 0.6) is 11.5 Å². The van der Waals surface area contributed by atoms with Crippen molar-refractivity contribution >= 4 is 32.6 Å². The van der Waals surface area contributed by atoms with Gasteiger partial charge in [-0.2, -0.15) is 0 Å². The number of nitrogens with zero attached hydrogens (tertiary/aromatic N) is 4. The van der Waals surface area contributed by atoms with Crippen molar-refractivity contribution in [3.05, 3.63) is 133 Å². The summed E-state index contributed by atoms with van der Waals surface area (Å²) in [6.07, 6.45) is 0. The second kappa shape index (κ2) is 8.85. The first-order valence-corrected chi connectivity index (χ1v) is 14.0. The Bertz CT molecular complexity index is 2250. The third-order valence-corrected chi connectivity index (χ3v) is 8.02. The molecule has 0 atom stereocenters. The van der Waals surface area contributed by atoms with Gasteiger partial charge in [0.05, 0.1) is 16.4 Å². The zero-order valence-electron chi connectivity index (χ0n) is 22.4. The van der Waals surface area contributed by atoms with Crippen molar-refractivity contribution in [2.75, 3.05) is 0 Å². The quantitative estimate of drug-likeness (QED) is 0.224. The highest BCUT2D eigenvalue weighted by Crippen LogP contribution is 2.48. The van der Waals surface area contributed by atoms with Gasteiger partial charge in [0.1, 0.15) is 11.5 Å². The summed E-state index contributed by atoms with van der Waals surface area (Å²) in [5, 5.41) is 4.74. The van der Waals surface area contributed by atoms with Crippen molar-refractivity contribution in [1.29, 1.82) is 0 Å². The third kappa shape index (κ3) is 3.40. The van der Waals surface area contributed by atoms with Gasteiger partial charge >= 0.3 is 0 Å². The lowest BCUT2D eigenvalue weighted by molar-refractivity contribution is 0.493. The third-order valence-electron chi connectivity index (χ3n) is 8.02. The first-order chi connectivity index (χ1) is 20.8. The maximum absolute atomic E-state index is 6.37. The second-order valence-corrected chi connectivity index (χ2v) is 10.5. The van der Waals surface area contributed by atoms with Crippen molar-refractivity contribution in [1.82, 2.24) is 19.5 Å². The van der Waals surface area contributed by atoms with Gasteiger partial charge in [0.15, 0.2) is 17.5 Å². The highest BCUT2D eigenvalue weighted by Gasteiger charge is 2.24. The van der Waals surface area contributed by atoms with E-state index in [9.17, 15) is 0 Å². The van der Waals surface area contributed by atoms with E-state index in [0.29, 0.717) is 17.5 Å². The van der Waals surface area contributed by atoms with Crippen LogP contribution in [0, 0.1) is 0 Å². The highest BCUT2D eigenvalue weighted by molar-refractivity contribution is 6.26. The average Bonchev–Trinajstić information content (AvgIpc) is 3.41. The zero-order chi connectivity index (χ0) is 27.6. The minimum absolute atomic E-state index is 0.640. The Labute approximate surface area is 241 Å². The second-order valence-electron chi connectivity index (χ2n) is 10.5. The molecular weight excluding hydrogens is 516 g/mol. The van der Waals surface area contributed by atoms with Gasteiger partial charge in [0.2, 0.25) is 0 Å². The van der Waals surface area contributed by atoms with Gasteiger partial charge in [0.25, 0.3) is 0 Å². The molecule has 0 unspecified atom stereocenters. The molecule has 0 spiro atoms. The molecule has 0 radical (unpaired) electrons. The molecule has 0 N–H and O–H groups in total. The van der Waals surface area contributed by atoms with Crippen LogP contribution in [0.1, 0.15) is 0 Å². The van der Waals surface area contributed by atoms with Crippen molar-refractivity contribution in [2.24, 2.45) is 0 Å². The van der Waals surface area contributed by atoms with Gasteiger partial charge in [-0.15, -0.1) is 0 Å². The summed E-state index contributed by atoms with van der Waals surface area (Å²) in [5.41, 5.74) is 6.18. The number of hydrogen-bond donors (Lipinski definition) is 0. The molecule has 0 amide bonds. The van der Waals surface area contributed by atoms with Crippen molar-refractivity contribution in [3.63, 3.8) is 0 Å². The number of rotatable bonds is 4. The van der Waals surface area contributed by atoms with Crippen molar-refractivity contribution in [2.45, 2.75) is 0 Å². The van der Waals surface area contributed by atoms with E-state index in [1.54, 1.807) is 0 Å². The molecule has 1 aliphatic rings. The molecule has 196 valence electrons. The molecule has 0 saturated carbocycles. The Hall–Kier alpha value is -5.81. The van der Waals surface area contributed by atoms with Crippen LogP contribution in [0.25, 0.3) is 72.4 Å². The topological polar surface area (TPSA) is 52.8 Å². The van der Waals surface area contributed by atoms with Gasteiger partial charge in [-0.3, -0.25) is 0 Å². The van der Waals surface area contributed by atoms with Gasteiger partial charge in [-0.1, -0.05) is 84.9 Å². The van der Waals surface area contributed by atoms with E-state index < -0.39 is 0 Å². The molecule has 0 bridgehead atoms. The predicted octanol–water partition coefficient (Wildman–Crippen LogP) is 9.23. The van der Waals surface area contributed by atoms with Crippen molar-refractivity contribution in [3.8, 4) is 51.3 Å². The summed E-state index contributed by atoms with van der Waals surface area (Å²) >= 11 is 0. The lowest BCUT2D eigenvalue weighted by atomic mass is 10.0. The fourth-order valence-electron chi connectivity index (χ4n) is 6.12. The zero-order valence-corrected chi connectivity index (χ0v) is 22.4. The van der Waals surface area contributed by atoms with Crippen LogP contribution in [0.3, 0.4) is 0 Å². The van der Waals surface area contributed by atoms with Gasteiger partial charge < -0.3 is 9.30 Å². The Morgan fingerprint density at radius 2 is 0.952 bits per heavy atom. The van der Waals surface area contributed by atoms with Crippen LogP contribution in [0.15, 0.2) is 133 Å². The average molecular weight is 539 g/mol. The van der Waals surface area contributed by atoms with Crippen LogP contribution >= 0.6 is 0 Å². The minimum atomic E-state index is 0.640. The van der Waals surface area contributed by atoms with Gasteiger partial charge in [-0.05, 0) is 53.9 Å². The van der Waals surface area contributed by atoms with E-state index in [1.807, 2.05) is 60.7 Å². The molecule has 2 aromatic heterocycles. The monoisotopic (exact) mass is 538 g/mol. The molecule has 0 fully saturated rings. The maximum Gasteiger partial charge on any atom is 0.164 e. The molecule has 1 aliphatic heterocycles. The minimum Gasteiger partial charge on any atom is -0.456 e. The Balaban J connectivity index is 1.22. The Morgan fingerprint density at radius 1 is 0.405 bits per heavy atom. The summed E-state index contributed by atoms with van der Waals surface area (Å²) in [6, 6.07) is 45.5. The van der Waals surface area contributed by atoms with Crippen LogP contribution in [-0.4, -0.2) is 19.5 Å². The first-order valence-electron chi connectivity index (χ1n) is 14.0. The van der Waals surface area contributed by atoms with Gasteiger partial charge in [-0.25, -0.2) is 15.0 Å². The van der Waals surface area contributed by atoms with Gasteiger partial charge in [0, 0.05) is 33.2 Å². The molecule has 42 heavy (non-hydrogen) atoms. The largest absolute Gasteiger partial charge is 0.456 e. The van der Waals surface area contributed by atoms with E-state index in [4.69, 9.17) is 19.7 Å². The van der Waals surface area contributed by atoms with E-state index in [0.717, 1.165) is 50.3 Å². The van der Waals surface area contributed by atoms with E-state index in [1.165, 1.54) is 16.2 Å². The number of hydrogen-bond acceptors (Lipinski definition) is 4. The summed E-state index contributed by atoms with van der Waals surface area (Å²) in [7, 11) is 0. The first kappa shape index (κ1) is 22.9. The van der Waals surface area contributed by atoms with Crippen LogP contribution in [0.4, 0.5) is 0 Å². The fraction of sp³-hybridized carbons (Fsp3) is 0. The number of ether oxygens (including phenoxy) is 1. The molecule has 5 heteroatoms. The molecule has 5 nitrogen and oxygen atoms in total. The molecule has 8 aromatic rings. The molecule has 0 saturated heterocycles. The molecule has 0 aliphatic carbocycles. The van der Waals surface area contributed by atoms with Crippen LogP contribution < -0.4 is 4.74 Å². The molecule has 9 rings (SSSR count). The van der Waals surface area contributed by atoms with Crippen LogP contribution in [0.2, 0.25) is 0 Å². The number of aromatic nitrogens is 4. The Morgan fingerprint density at radius 3 is 1.60 bits per heavy atom. The standard InChI is InChI=1S/C37H22N4O/c1-3-9-24(10-4-1)35-38-36(25-11-5-2-6-12-25)40-37(39-35)26-17-20-27(21-18-26)41-28-14-8-16-31-33(28)34-29(41)22-19-23-13-7-15-30(42-31)32(23)34/h1-22H. The summed E-state index contributed by atoms with van der Waals surface area (Å²) in [4.78, 5) is 14.6. The highest BCUT2D eigenvalue weighted by atomic mass is 16.5. The summed E-state index contributed by atoms with van der Waals surface area (Å²) in [5.74, 6) is 3.75.